The molecule has 1 atom stereocenters. The first-order valence-electron chi connectivity index (χ1n) is 6.25. The highest BCUT2D eigenvalue weighted by atomic mass is 79.9. The van der Waals surface area contributed by atoms with Crippen LogP contribution in [0.2, 0.25) is 0 Å². The van der Waals surface area contributed by atoms with E-state index in [0.717, 1.165) is 12.8 Å². The summed E-state index contributed by atoms with van der Waals surface area (Å²) in [5.41, 5.74) is 6.15. The molecule has 1 rings (SSSR count). The monoisotopic (exact) mass is 316 g/mol. The van der Waals surface area contributed by atoms with Crippen molar-refractivity contribution in [3.63, 3.8) is 0 Å². The van der Waals surface area contributed by atoms with Crippen molar-refractivity contribution in [2.45, 2.75) is 33.1 Å². The Bertz CT molecular complexity index is 383. The van der Waals surface area contributed by atoms with Crippen LogP contribution in [0.5, 0.6) is 0 Å². The van der Waals surface area contributed by atoms with Crippen LogP contribution in [0.4, 0.5) is 0 Å². The van der Waals surface area contributed by atoms with Crippen LogP contribution in [0.15, 0.2) is 4.60 Å². The van der Waals surface area contributed by atoms with Crippen LogP contribution in [-0.4, -0.2) is 27.3 Å². The highest BCUT2D eigenvalue weighted by Crippen LogP contribution is 2.22. The molecular formula is C12H21BrN4O. The lowest BCUT2D eigenvalue weighted by molar-refractivity contribution is 0.0959. The second-order valence-electron chi connectivity index (χ2n) is 4.90. The van der Waals surface area contributed by atoms with Crippen molar-refractivity contribution in [3.05, 3.63) is 10.3 Å². The first kappa shape index (κ1) is 15.3. The molecule has 0 bridgehead atoms. The second-order valence-corrected chi connectivity index (χ2v) is 5.65. The molecule has 18 heavy (non-hydrogen) atoms. The van der Waals surface area contributed by atoms with E-state index in [4.69, 9.17) is 5.73 Å². The Hall–Kier alpha value is -0.750. The van der Waals surface area contributed by atoms with Gasteiger partial charge in [-0.15, -0.1) is 5.10 Å². The fourth-order valence-electron chi connectivity index (χ4n) is 2.09. The number of carbonyl (C=O) groups excluding carboxylic acids is 1. The van der Waals surface area contributed by atoms with Crippen LogP contribution in [0, 0.1) is 11.8 Å². The van der Waals surface area contributed by atoms with E-state index < -0.39 is 0 Å². The number of nitrogens with zero attached hydrogens (tertiary/aromatic N) is 3. The molecule has 1 unspecified atom stereocenters. The van der Waals surface area contributed by atoms with Crippen LogP contribution >= 0.6 is 15.9 Å². The maximum absolute atomic E-state index is 12.1. The number of nitrogens with two attached hydrogens (primary N) is 1. The Labute approximate surface area is 116 Å². The minimum atomic E-state index is 0.0806. The molecule has 0 amide bonds. The van der Waals surface area contributed by atoms with Crippen molar-refractivity contribution in [2.75, 3.05) is 6.54 Å². The van der Waals surface area contributed by atoms with E-state index in [2.05, 4.69) is 40.1 Å². The number of ketones is 1. The lowest BCUT2D eigenvalue weighted by Gasteiger charge is -2.19. The average molecular weight is 317 g/mol. The van der Waals surface area contributed by atoms with E-state index in [1.165, 1.54) is 4.68 Å². The lowest BCUT2D eigenvalue weighted by Crippen LogP contribution is -2.16. The molecule has 0 aliphatic heterocycles. The number of aryl methyl sites for hydroxylation is 1. The molecule has 0 aliphatic rings. The molecular weight excluding hydrogens is 296 g/mol. The molecule has 1 heterocycles. The van der Waals surface area contributed by atoms with E-state index in [-0.39, 0.29) is 5.78 Å². The van der Waals surface area contributed by atoms with Gasteiger partial charge < -0.3 is 5.73 Å². The largest absolute Gasteiger partial charge is 0.330 e. The molecule has 102 valence electrons. The number of halogens is 1. The Balaban J connectivity index is 2.60. The normalized spacial score (nSPS) is 13.0. The molecule has 0 radical (unpaired) electrons. The molecule has 1 aromatic heterocycles. The van der Waals surface area contributed by atoms with Gasteiger partial charge in [-0.25, -0.2) is 4.68 Å². The number of carbonyl (C=O) groups is 1. The lowest BCUT2D eigenvalue weighted by atomic mass is 9.87. The Morgan fingerprint density at radius 3 is 2.56 bits per heavy atom. The zero-order valence-electron chi connectivity index (χ0n) is 11.2. The van der Waals surface area contributed by atoms with Gasteiger partial charge in [0, 0.05) is 13.5 Å². The minimum absolute atomic E-state index is 0.0806. The molecule has 0 fully saturated rings. The smallest absolute Gasteiger partial charge is 0.183 e. The SMILES string of the molecule is CC(C)C(CCN)CCC(=O)c1c(Br)nnn1C. The van der Waals surface area contributed by atoms with Crippen molar-refractivity contribution in [1.82, 2.24) is 15.0 Å². The number of Topliss-reactive ketones (excluding diaryl/α,β-unsaturated/α-hetero) is 1. The van der Waals surface area contributed by atoms with E-state index >= 15 is 0 Å². The number of hydrogen-bond donors (Lipinski definition) is 1. The molecule has 6 heteroatoms. The zero-order valence-corrected chi connectivity index (χ0v) is 12.8. The first-order chi connectivity index (χ1) is 8.47. The third kappa shape index (κ3) is 3.88. The van der Waals surface area contributed by atoms with Crippen molar-refractivity contribution >= 4 is 21.7 Å². The summed E-state index contributed by atoms with van der Waals surface area (Å²) in [6, 6.07) is 0. The quantitative estimate of drug-likeness (QED) is 0.782. The standard InChI is InChI=1S/C12H21BrN4O/c1-8(2)9(6-7-14)4-5-10(18)11-12(13)15-16-17(11)3/h8-9H,4-7,14H2,1-3H3. The Morgan fingerprint density at radius 2 is 2.11 bits per heavy atom. The number of aromatic nitrogens is 3. The van der Waals surface area contributed by atoms with Gasteiger partial charge in [-0.3, -0.25) is 4.79 Å². The predicted molar refractivity (Wildman–Crippen MR) is 74.3 cm³/mol. The summed E-state index contributed by atoms with van der Waals surface area (Å²) in [6.45, 7) is 5.02. The highest BCUT2D eigenvalue weighted by molar-refractivity contribution is 9.10. The highest BCUT2D eigenvalue weighted by Gasteiger charge is 2.19. The van der Waals surface area contributed by atoms with Gasteiger partial charge in [-0.2, -0.15) is 0 Å². The molecule has 0 aromatic carbocycles. The summed E-state index contributed by atoms with van der Waals surface area (Å²) in [5, 5.41) is 7.64. The van der Waals surface area contributed by atoms with Gasteiger partial charge in [0.2, 0.25) is 0 Å². The summed E-state index contributed by atoms with van der Waals surface area (Å²) in [7, 11) is 1.73. The summed E-state index contributed by atoms with van der Waals surface area (Å²) >= 11 is 3.25. The van der Waals surface area contributed by atoms with Gasteiger partial charge >= 0.3 is 0 Å². The van der Waals surface area contributed by atoms with Gasteiger partial charge in [0.1, 0.15) is 5.69 Å². The van der Waals surface area contributed by atoms with Crippen LogP contribution in [0.3, 0.4) is 0 Å². The predicted octanol–water partition coefficient (Wildman–Crippen LogP) is 2.16. The van der Waals surface area contributed by atoms with Crippen LogP contribution < -0.4 is 5.73 Å². The van der Waals surface area contributed by atoms with Crippen molar-refractivity contribution in [1.29, 1.82) is 0 Å². The van der Waals surface area contributed by atoms with Crippen LogP contribution in [-0.2, 0) is 7.05 Å². The van der Waals surface area contributed by atoms with Crippen LogP contribution in [0.1, 0.15) is 43.6 Å². The van der Waals surface area contributed by atoms with Crippen molar-refractivity contribution < 1.29 is 4.79 Å². The minimum Gasteiger partial charge on any atom is -0.330 e. The molecule has 5 nitrogen and oxygen atoms in total. The topological polar surface area (TPSA) is 73.8 Å². The molecule has 1 aromatic rings. The van der Waals surface area contributed by atoms with Crippen molar-refractivity contribution in [2.24, 2.45) is 24.6 Å². The summed E-state index contributed by atoms with van der Waals surface area (Å²) in [6.07, 6.45) is 2.35. The maximum Gasteiger partial charge on any atom is 0.183 e. The summed E-state index contributed by atoms with van der Waals surface area (Å²) in [5.74, 6) is 1.13. The Morgan fingerprint density at radius 1 is 1.44 bits per heavy atom. The van der Waals surface area contributed by atoms with E-state index in [9.17, 15) is 4.79 Å². The third-order valence-corrected chi connectivity index (χ3v) is 3.81. The van der Waals surface area contributed by atoms with Gasteiger partial charge in [0.05, 0.1) is 0 Å². The fourth-order valence-corrected chi connectivity index (χ4v) is 2.64. The summed E-state index contributed by atoms with van der Waals surface area (Å²) in [4.78, 5) is 12.1. The molecule has 2 N–H and O–H groups in total. The molecule has 0 saturated heterocycles. The molecule has 0 aliphatic carbocycles. The average Bonchev–Trinajstić information content (AvgIpc) is 2.63. The maximum atomic E-state index is 12.1. The Kier molecular flexibility index (Phi) is 5.95. The zero-order chi connectivity index (χ0) is 13.7. The molecule has 0 spiro atoms. The second kappa shape index (κ2) is 6.99. The third-order valence-electron chi connectivity index (χ3n) is 3.27. The van der Waals surface area contributed by atoms with E-state index in [0.29, 0.717) is 35.1 Å². The fraction of sp³-hybridized carbons (Fsp3) is 0.750. The first-order valence-corrected chi connectivity index (χ1v) is 7.05. The van der Waals surface area contributed by atoms with Gasteiger partial charge in [-0.1, -0.05) is 19.1 Å². The van der Waals surface area contributed by atoms with Gasteiger partial charge in [0.15, 0.2) is 10.4 Å². The van der Waals surface area contributed by atoms with Gasteiger partial charge in [-0.05, 0) is 47.2 Å². The number of hydrogen-bond acceptors (Lipinski definition) is 4. The van der Waals surface area contributed by atoms with E-state index in [1.54, 1.807) is 7.05 Å². The van der Waals surface area contributed by atoms with Crippen molar-refractivity contribution in [3.8, 4) is 0 Å². The van der Waals surface area contributed by atoms with E-state index in [1.807, 2.05) is 0 Å². The molecule has 0 saturated carbocycles. The van der Waals surface area contributed by atoms with Gasteiger partial charge in [0.25, 0.3) is 0 Å². The number of rotatable bonds is 7. The van der Waals surface area contributed by atoms with Crippen LogP contribution in [0.25, 0.3) is 0 Å². The summed E-state index contributed by atoms with van der Waals surface area (Å²) < 4.78 is 2.04.